The van der Waals surface area contributed by atoms with Crippen molar-refractivity contribution in [3.63, 3.8) is 0 Å². The lowest BCUT2D eigenvalue weighted by Gasteiger charge is -2.55. The molecule has 0 aromatic rings. The fourth-order valence-corrected chi connectivity index (χ4v) is 8.24. The SMILES string of the molecule is C[C@]12C[C@H](O)[C@H]3[C@@H](CCC4=CC(=O)CC[C@@H]43)[C@@H]1CC[C@@H]2C(=O)COC1O[C@H](C(=O)O)[C@@H](O)[C@H](O)[C@H]1O. The number of hydrogen-bond donors (Lipinski definition) is 5. The van der Waals surface area contributed by atoms with Gasteiger partial charge in [-0.15, -0.1) is 0 Å². The summed E-state index contributed by atoms with van der Waals surface area (Å²) < 4.78 is 10.6. The number of rotatable bonds is 5. The third-order valence-electron chi connectivity index (χ3n) is 9.86. The molecule has 0 amide bonds. The van der Waals surface area contributed by atoms with E-state index in [0.717, 1.165) is 25.7 Å². The van der Waals surface area contributed by atoms with Crippen LogP contribution >= 0.6 is 0 Å². The molecule has 3 saturated carbocycles. The average Bonchev–Trinajstić information content (AvgIpc) is 3.17. The fraction of sp³-hybridized carbons (Fsp3) is 0.808. The molecule has 12 atom stereocenters. The first-order valence-corrected chi connectivity index (χ1v) is 13.0. The molecule has 200 valence electrons. The van der Waals surface area contributed by atoms with Crippen molar-refractivity contribution in [2.45, 2.75) is 88.7 Å². The van der Waals surface area contributed by atoms with Gasteiger partial charge in [0, 0.05) is 12.3 Å². The molecule has 0 spiro atoms. The fourth-order valence-electron chi connectivity index (χ4n) is 8.24. The predicted molar refractivity (Wildman–Crippen MR) is 122 cm³/mol. The van der Waals surface area contributed by atoms with E-state index >= 15 is 0 Å². The van der Waals surface area contributed by atoms with Crippen LogP contribution in [0.1, 0.15) is 51.9 Å². The Morgan fingerprint density at radius 3 is 2.53 bits per heavy atom. The molecule has 4 aliphatic carbocycles. The summed E-state index contributed by atoms with van der Waals surface area (Å²) in [6, 6.07) is 0. The van der Waals surface area contributed by atoms with Gasteiger partial charge in [0.2, 0.25) is 0 Å². The number of aliphatic hydroxyl groups is 4. The smallest absolute Gasteiger partial charge is 0.335 e. The second-order valence-electron chi connectivity index (χ2n) is 11.6. The largest absolute Gasteiger partial charge is 0.479 e. The maximum absolute atomic E-state index is 13.3. The molecule has 5 aliphatic rings. The molecule has 4 fully saturated rings. The number of Topliss-reactive ketones (excluding diaryl/α,β-unsaturated/α-hetero) is 1. The lowest BCUT2D eigenvalue weighted by atomic mass is 9.50. The molecule has 0 aromatic carbocycles. The van der Waals surface area contributed by atoms with Gasteiger partial charge in [-0.1, -0.05) is 12.5 Å². The molecule has 0 aromatic heterocycles. The number of aliphatic carboxylic acids is 1. The van der Waals surface area contributed by atoms with Crippen LogP contribution in [-0.2, 0) is 23.9 Å². The van der Waals surface area contributed by atoms with Crippen LogP contribution in [0.15, 0.2) is 11.6 Å². The van der Waals surface area contributed by atoms with E-state index in [1.54, 1.807) is 6.08 Å². The van der Waals surface area contributed by atoms with Crippen molar-refractivity contribution in [3.8, 4) is 0 Å². The molecule has 1 saturated heterocycles. The van der Waals surface area contributed by atoms with Crippen LogP contribution in [0.5, 0.6) is 0 Å². The quantitative estimate of drug-likeness (QED) is 0.345. The highest BCUT2D eigenvalue weighted by atomic mass is 16.7. The van der Waals surface area contributed by atoms with Gasteiger partial charge in [-0.05, 0) is 73.7 Å². The molecule has 10 heteroatoms. The van der Waals surface area contributed by atoms with Crippen LogP contribution in [0.2, 0.25) is 0 Å². The molecule has 10 nitrogen and oxygen atoms in total. The average molecular weight is 509 g/mol. The number of carboxylic acids is 1. The van der Waals surface area contributed by atoms with Gasteiger partial charge in [0.15, 0.2) is 24.0 Å². The Balaban J connectivity index is 1.27. The first-order valence-electron chi connectivity index (χ1n) is 13.0. The van der Waals surface area contributed by atoms with Crippen molar-refractivity contribution < 1.29 is 49.4 Å². The Kier molecular flexibility index (Phi) is 6.89. The zero-order valence-corrected chi connectivity index (χ0v) is 20.4. The van der Waals surface area contributed by atoms with Gasteiger partial charge in [-0.25, -0.2) is 4.79 Å². The number of aliphatic hydroxyl groups excluding tert-OH is 4. The molecule has 0 radical (unpaired) electrons. The monoisotopic (exact) mass is 508 g/mol. The normalized spacial score (nSPS) is 48.4. The van der Waals surface area contributed by atoms with E-state index in [0.29, 0.717) is 19.3 Å². The summed E-state index contributed by atoms with van der Waals surface area (Å²) in [6.07, 6.45) is -2.41. The van der Waals surface area contributed by atoms with Crippen LogP contribution < -0.4 is 0 Å². The molecule has 1 aliphatic heterocycles. The number of ketones is 2. The Hall–Kier alpha value is -1.69. The lowest BCUT2D eigenvalue weighted by molar-refractivity contribution is -0.292. The Morgan fingerprint density at radius 1 is 1.06 bits per heavy atom. The van der Waals surface area contributed by atoms with Gasteiger partial charge in [-0.3, -0.25) is 9.59 Å². The highest BCUT2D eigenvalue weighted by Gasteiger charge is 2.60. The van der Waals surface area contributed by atoms with Crippen LogP contribution in [0.3, 0.4) is 0 Å². The van der Waals surface area contributed by atoms with E-state index in [9.17, 15) is 39.9 Å². The van der Waals surface area contributed by atoms with Gasteiger partial charge in [0.05, 0.1) is 6.10 Å². The summed E-state index contributed by atoms with van der Waals surface area (Å²) in [4.78, 5) is 36.6. The van der Waals surface area contributed by atoms with E-state index in [4.69, 9.17) is 9.47 Å². The molecule has 0 bridgehead atoms. The highest BCUT2D eigenvalue weighted by molar-refractivity contribution is 5.91. The van der Waals surface area contributed by atoms with Gasteiger partial charge in [-0.2, -0.15) is 0 Å². The van der Waals surface area contributed by atoms with Crippen LogP contribution in [0.25, 0.3) is 0 Å². The minimum Gasteiger partial charge on any atom is -0.479 e. The third kappa shape index (κ3) is 4.16. The Labute approximate surface area is 209 Å². The van der Waals surface area contributed by atoms with E-state index in [1.807, 2.05) is 0 Å². The van der Waals surface area contributed by atoms with Crippen molar-refractivity contribution in [1.29, 1.82) is 0 Å². The number of ether oxygens (including phenoxy) is 2. The molecule has 1 unspecified atom stereocenters. The summed E-state index contributed by atoms with van der Waals surface area (Å²) in [7, 11) is 0. The number of fused-ring (bicyclic) bond motifs is 5. The number of carbonyl (C=O) groups is 3. The van der Waals surface area contributed by atoms with Crippen molar-refractivity contribution in [3.05, 3.63) is 11.6 Å². The van der Waals surface area contributed by atoms with Crippen molar-refractivity contribution >= 4 is 17.5 Å². The van der Waals surface area contributed by atoms with Crippen molar-refractivity contribution in [2.24, 2.45) is 35.0 Å². The molecule has 5 N–H and O–H groups in total. The number of carboxylic acid groups (broad SMARTS) is 1. The third-order valence-corrected chi connectivity index (χ3v) is 9.86. The second-order valence-corrected chi connectivity index (χ2v) is 11.6. The minimum atomic E-state index is -1.83. The molecular formula is C26H36O10. The topological polar surface area (TPSA) is 171 Å². The van der Waals surface area contributed by atoms with Gasteiger partial charge in [0.25, 0.3) is 0 Å². The van der Waals surface area contributed by atoms with Gasteiger partial charge < -0.3 is 35.0 Å². The maximum Gasteiger partial charge on any atom is 0.335 e. The highest BCUT2D eigenvalue weighted by Crippen LogP contribution is 2.63. The Morgan fingerprint density at radius 2 is 1.81 bits per heavy atom. The van der Waals surface area contributed by atoms with E-state index in [2.05, 4.69) is 6.92 Å². The van der Waals surface area contributed by atoms with Crippen LogP contribution in [0, 0.1) is 35.0 Å². The van der Waals surface area contributed by atoms with E-state index in [1.165, 1.54) is 5.57 Å². The second kappa shape index (κ2) is 9.56. The molecule has 36 heavy (non-hydrogen) atoms. The standard InChI is InChI=1S/C26H36O10/c1-26-9-17(28)19-13-5-3-12(27)8-11(13)2-4-14(19)15(26)6-7-16(26)18(29)10-35-25-22(32)20(30)21(31)23(36-25)24(33)34/h8,13-17,19-23,25,28,30-32H,2-7,9-10H2,1H3,(H,33,34)/t13-,14-,15-,16+,17-,19+,20-,21-,22+,23-,25?,26-/m0/s1. The van der Waals surface area contributed by atoms with Crippen molar-refractivity contribution in [2.75, 3.05) is 6.61 Å². The summed E-state index contributed by atoms with van der Waals surface area (Å²) in [5.41, 5.74) is 0.755. The zero-order chi connectivity index (χ0) is 25.9. The number of allylic oxidation sites excluding steroid dienone is 1. The lowest BCUT2D eigenvalue weighted by Crippen LogP contribution is -2.60. The summed E-state index contributed by atoms with van der Waals surface area (Å²) in [5.74, 6) is -1.04. The van der Waals surface area contributed by atoms with Gasteiger partial charge in [0.1, 0.15) is 24.9 Å². The van der Waals surface area contributed by atoms with E-state index < -0.39 is 54.8 Å². The summed E-state index contributed by atoms with van der Waals surface area (Å²) in [6.45, 7) is 1.63. The maximum atomic E-state index is 13.3. The first-order chi connectivity index (χ1) is 17.0. The zero-order valence-electron chi connectivity index (χ0n) is 20.4. The van der Waals surface area contributed by atoms with Crippen molar-refractivity contribution in [1.82, 2.24) is 0 Å². The molecule has 5 rings (SSSR count). The summed E-state index contributed by atoms with van der Waals surface area (Å²) in [5, 5.41) is 50.5. The predicted octanol–water partition coefficient (Wildman–Crippen LogP) is 0.193. The van der Waals surface area contributed by atoms with Crippen LogP contribution in [0.4, 0.5) is 0 Å². The number of hydrogen-bond acceptors (Lipinski definition) is 9. The first kappa shape index (κ1) is 25.9. The summed E-state index contributed by atoms with van der Waals surface area (Å²) >= 11 is 0. The molecule has 1 heterocycles. The van der Waals surface area contributed by atoms with Gasteiger partial charge >= 0.3 is 5.97 Å². The Bertz CT molecular complexity index is 947. The minimum absolute atomic E-state index is 0.105. The van der Waals surface area contributed by atoms with E-state index in [-0.39, 0.29) is 41.2 Å². The molecular weight excluding hydrogens is 472 g/mol. The van der Waals surface area contributed by atoms with Crippen LogP contribution in [-0.4, -0.2) is 86.5 Å². The number of carbonyl (C=O) groups excluding carboxylic acids is 2.